The Bertz CT molecular complexity index is 245. The van der Waals surface area contributed by atoms with E-state index in [9.17, 15) is 0 Å². The lowest BCUT2D eigenvalue weighted by Gasteiger charge is -2.12. The molecule has 0 saturated heterocycles. The van der Waals surface area contributed by atoms with Gasteiger partial charge in [-0.1, -0.05) is 0 Å². The van der Waals surface area contributed by atoms with Crippen molar-refractivity contribution >= 4 is 0 Å². The Hall–Kier alpha value is -0.910. The third-order valence-electron chi connectivity index (χ3n) is 1.94. The first-order chi connectivity index (χ1) is 6.27. The van der Waals surface area contributed by atoms with E-state index in [0.717, 1.165) is 5.69 Å². The molecular weight excluding hydrogens is 170 g/mol. The van der Waals surface area contributed by atoms with E-state index in [0.29, 0.717) is 6.54 Å². The fourth-order valence-electron chi connectivity index (χ4n) is 1.01. The van der Waals surface area contributed by atoms with Gasteiger partial charge in [0.2, 0.25) is 0 Å². The van der Waals surface area contributed by atoms with E-state index in [2.05, 4.69) is 10.4 Å². The number of nitrogens with zero attached hydrogens (tertiary/aromatic N) is 2. The number of aromatic nitrogens is 2. The molecule has 0 radical (unpaired) electrons. The van der Waals surface area contributed by atoms with Crippen LogP contribution in [0.3, 0.4) is 0 Å². The van der Waals surface area contributed by atoms with Crippen molar-refractivity contribution < 1.29 is 10.2 Å². The molecule has 5 nitrogen and oxygen atoms in total. The molecule has 0 saturated carbocycles. The van der Waals surface area contributed by atoms with Crippen LogP contribution in [-0.4, -0.2) is 39.2 Å². The van der Waals surface area contributed by atoms with Crippen molar-refractivity contribution in [2.45, 2.75) is 12.6 Å². The van der Waals surface area contributed by atoms with E-state index >= 15 is 0 Å². The largest absolute Gasteiger partial charge is 0.395 e. The van der Waals surface area contributed by atoms with Gasteiger partial charge in [-0.25, -0.2) is 0 Å². The van der Waals surface area contributed by atoms with Crippen LogP contribution in [0.2, 0.25) is 0 Å². The highest BCUT2D eigenvalue weighted by Gasteiger charge is 2.05. The quantitative estimate of drug-likeness (QED) is 0.542. The maximum Gasteiger partial charge on any atom is 0.0607 e. The summed E-state index contributed by atoms with van der Waals surface area (Å²) in [5, 5.41) is 24.6. The van der Waals surface area contributed by atoms with Crippen LogP contribution in [0.15, 0.2) is 12.3 Å². The van der Waals surface area contributed by atoms with Gasteiger partial charge in [-0.05, 0) is 6.07 Å². The third-order valence-corrected chi connectivity index (χ3v) is 1.94. The summed E-state index contributed by atoms with van der Waals surface area (Å²) in [6.07, 6.45) is 1.71. The van der Waals surface area contributed by atoms with Crippen molar-refractivity contribution in [2.75, 3.05) is 13.2 Å². The number of aliphatic hydroxyl groups excluding tert-OH is 2. The standard InChI is InChI=1S/C8H15N3O2/c1-11-8(2-3-10-11)4-9-7(5-12)6-13/h2-3,7,9,12-13H,4-6H2,1H3. The summed E-state index contributed by atoms with van der Waals surface area (Å²) >= 11 is 0. The predicted octanol–water partition coefficient (Wildman–Crippen LogP) is -1.14. The second-order valence-corrected chi connectivity index (χ2v) is 2.89. The van der Waals surface area contributed by atoms with Crippen molar-refractivity contribution in [3.05, 3.63) is 18.0 Å². The lowest BCUT2D eigenvalue weighted by molar-refractivity contribution is 0.169. The molecule has 0 fully saturated rings. The van der Waals surface area contributed by atoms with Gasteiger partial charge in [0.05, 0.1) is 24.9 Å². The van der Waals surface area contributed by atoms with E-state index in [4.69, 9.17) is 10.2 Å². The summed E-state index contributed by atoms with van der Waals surface area (Å²) < 4.78 is 1.75. The van der Waals surface area contributed by atoms with Gasteiger partial charge in [-0.3, -0.25) is 4.68 Å². The fourth-order valence-corrected chi connectivity index (χ4v) is 1.01. The van der Waals surface area contributed by atoms with Gasteiger partial charge in [0.1, 0.15) is 0 Å². The molecule has 1 rings (SSSR count). The van der Waals surface area contributed by atoms with Gasteiger partial charge >= 0.3 is 0 Å². The zero-order valence-corrected chi connectivity index (χ0v) is 7.64. The molecule has 0 aliphatic rings. The summed E-state index contributed by atoms with van der Waals surface area (Å²) in [6.45, 7) is 0.477. The summed E-state index contributed by atoms with van der Waals surface area (Å²) in [5.41, 5.74) is 1.02. The smallest absolute Gasteiger partial charge is 0.0607 e. The van der Waals surface area contributed by atoms with Crippen LogP contribution in [-0.2, 0) is 13.6 Å². The summed E-state index contributed by atoms with van der Waals surface area (Å²) in [6, 6.07) is 1.63. The number of rotatable bonds is 5. The third kappa shape index (κ3) is 2.80. The lowest BCUT2D eigenvalue weighted by Crippen LogP contribution is -2.35. The van der Waals surface area contributed by atoms with Crippen molar-refractivity contribution in [3.63, 3.8) is 0 Å². The Labute approximate surface area is 77.0 Å². The minimum Gasteiger partial charge on any atom is -0.395 e. The Morgan fingerprint density at radius 1 is 1.54 bits per heavy atom. The molecule has 0 aromatic carbocycles. The normalized spacial score (nSPS) is 11.1. The number of hydrogen-bond donors (Lipinski definition) is 3. The minimum atomic E-state index is -0.255. The first-order valence-corrected chi connectivity index (χ1v) is 4.20. The molecule has 0 spiro atoms. The maximum atomic E-state index is 8.78. The number of aliphatic hydroxyl groups is 2. The topological polar surface area (TPSA) is 70.3 Å². The first-order valence-electron chi connectivity index (χ1n) is 4.20. The van der Waals surface area contributed by atoms with Gasteiger partial charge in [0.15, 0.2) is 0 Å². The van der Waals surface area contributed by atoms with Gasteiger partial charge in [-0.15, -0.1) is 0 Å². The van der Waals surface area contributed by atoms with Gasteiger partial charge in [0, 0.05) is 19.8 Å². The van der Waals surface area contributed by atoms with Crippen LogP contribution in [0.5, 0.6) is 0 Å². The summed E-state index contributed by atoms with van der Waals surface area (Å²) in [4.78, 5) is 0. The Morgan fingerprint density at radius 2 is 2.23 bits per heavy atom. The highest BCUT2D eigenvalue weighted by Crippen LogP contribution is 1.95. The molecule has 74 valence electrons. The molecule has 0 unspecified atom stereocenters. The van der Waals surface area contributed by atoms with Gasteiger partial charge in [0.25, 0.3) is 0 Å². The van der Waals surface area contributed by atoms with E-state index in [1.807, 2.05) is 13.1 Å². The minimum absolute atomic E-state index is 0.0612. The molecule has 5 heteroatoms. The van der Waals surface area contributed by atoms with Crippen molar-refractivity contribution in [2.24, 2.45) is 7.05 Å². The van der Waals surface area contributed by atoms with Crippen LogP contribution < -0.4 is 5.32 Å². The van der Waals surface area contributed by atoms with E-state index in [-0.39, 0.29) is 19.3 Å². The van der Waals surface area contributed by atoms with Gasteiger partial charge in [-0.2, -0.15) is 5.10 Å². The molecule has 0 atom stereocenters. The molecule has 3 N–H and O–H groups in total. The highest BCUT2D eigenvalue weighted by atomic mass is 16.3. The summed E-state index contributed by atoms with van der Waals surface area (Å²) in [7, 11) is 1.85. The molecular formula is C8H15N3O2. The Kier molecular flexibility index (Phi) is 3.88. The van der Waals surface area contributed by atoms with Crippen molar-refractivity contribution in [1.29, 1.82) is 0 Å². The SMILES string of the molecule is Cn1nccc1CNC(CO)CO. The average Bonchev–Trinajstić information content (AvgIpc) is 2.54. The lowest BCUT2D eigenvalue weighted by atomic mass is 10.3. The molecule has 13 heavy (non-hydrogen) atoms. The summed E-state index contributed by atoms with van der Waals surface area (Å²) in [5.74, 6) is 0. The average molecular weight is 185 g/mol. The Balaban J connectivity index is 2.38. The molecule has 0 bridgehead atoms. The van der Waals surface area contributed by atoms with E-state index in [1.54, 1.807) is 10.9 Å². The highest BCUT2D eigenvalue weighted by molar-refractivity contribution is 4.99. The van der Waals surface area contributed by atoms with Crippen molar-refractivity contribution in [3.8, 4) is 0 Å². The predicted molar refractivity (Wildman–Crippen MR) is 48.0 cm³/mol. The van der Waals surface area contributed by atoms with Crippen LogP contribution in [0.1, 0.15) is 5.69 Å². The Morgan fingerprint density at radius 3 is 2.69 bits per heavy atom. The molecule has 0 amide bonds. The first kappa shape index (κ1) is 10.2. The van der Waals surface area contributed by atoms with Crippen molar-refractivity contribution in [1.82, 2.24) is 15.1 Å². The van der Waals surface area contributed by atoms with Crippen LogP contribution in [0.4, 0.5) is 0 Å². The van der Waals surface area contributed by atoms with E-state index in [1.165, 1.54) is 0 Å². The number of nitrogens with one attached hydrogen (secondary N) is 1. The molecule has 1 heterocycles. The second kappa shape index (κ2) is 4.96. The molecule has 1 aromatic heterocycles. The molecule has 0 aliphatic heterocycles. The van der Waals surface area contributed by atoms with E-state index < -0.39 is 0 Å². The maximum absolute atomic E-state index is 8.78. The molecule has 0 aliphatic carbocycles. The van der Waals surface area contributed by atoms with Crippen LogP contribution in [0.25, 0.3) is 0 Å². The zero-order chi connectivity index (χ0) is 9.68. The second-order valence-electron chi connectivity index (χ2n) is 2.89. The van der Waals surface area contributed by atoms with Gasteiger partial charge < -0.3 is 15.5 Å². The van der Waals surface area contributed by atoms with Crippen LogP contribution >= 0.6 is 0 Å². The fraction of sp³-hybridized carbons (Fsp3) is 0.625. The van der Waals surface area contributed by atoms with Crippen LogP contribution in [0, 0.1) is 0 Å². The molecule has 1 aromatic rings. The number of hydrogen-bond acceptors (Lipinski definition) is 4. The zero-order valence-electron chi connectivity index (χ0n) is 7.64. The number of aryl methyl sites for hydroxylation is 1. The monoisotopic (exact) mass is 185 g/mol.